The molecule has 0 aliphatic carbocycles. The molecule has 3 aromatic rings. The molecule has 22 heavy (non-hydrogen) atoms. The van der Waals surface area contributed by atoms with E-state index in [4.69, 9.17) is 4.74 Å². The molecule has 0 fully saturated rings. The van der Waals surface area contributed by atoms with Gasteiger partial charge in [-0.1, -0.05) is 29.8 Å². The SMILES string of the molecule is Cc1ccc(CC(=O)OCc2cc(=O)n3ccsc3n2)cc1. The van der Waals surface area contributed by atoms with Crippen molar-refractivity contribution in [2.45, 2.75) is 20.0 Å². The van der Waals surface area contributed by atoms with Crippen molar-refractivity contribution in [2.24, 2.45) is 0 Å². The summed E-state index contributed by atoms with van der Waals surface area (Å²) in [6, 6.07) is 9.10. The van der Waals surface area contributed by atoms with Crippen LogP contribution in [0.2, 0.25) is 0 Å². The molecule has 0 aliphatic heterocycles. The summed E-state index contributed by atoms with van der Waals surface area (Å²) in [4.78, 5) is 28.5. The fourth-order valence-electron chi connectivity index (χ4n) is 2.04. The minimum absolute atomic E-state index is 0.00827. The van der Waals surface area contributed by atoms with E-state index in [0.717, 1.165) is 11.1 Å². The summed E-state index contributed by atoms with van der Waals surface area (Å²) in [6.45, 7) is 2.00. The van der Waals surface area contributed by atoms with E-state index in [2.05, 4.69) is 4.98 Å². The number of thiazole rings is 1. The molecule has 0 saturated heterocycles. The van der Waals surface area contributed by atoms with Crippen LogP contribution in [0.3, 0.4) is 0 Å². The molecule has 0 amide bonds. The van der Waals surface area contributed by atoms with Gasteiger partial charge in [0, 0.05) is 17.6 Å². The molecule has 5 nitrogen and oxygen atoms in total. The Morgan fingerprint density at radius 1 is 1.32 bits per heavy atom. The third-order valence-electron chi connectivity index (χ3n) is 3.21. The van der Waals surface area contributed by atoms with Crippen LogP contribution in [-0.4, -0.2) is 15.4 Å². The van der Waals surface area contributed by atoms with Crippen molar-refractivity contribution >= 4 is 22.3 Å². The van der Waals surface area contributed by atoms with Crippen molar-refractivity contribution < 1.29 is 9.53 Å². The Morgan fingerprint density at radius 2 is 2.09 bits per heavy atom. The maximum atomic E-state index is 11.8. The van der Waals surface area contributed by atoms with Crippen LogP contribution in [0.5, 0.6) is 0 Å². The van der Waals surface area contributed by atoms with Crippen LogP contribution in [0, 0.1) is 6.92 Å². The van der Waals surface area contributed by atoms with Gasteiger partial charge in [-0.25, -0.2) is 4.98 Å². The lowest BCUT2D eigenvalue weighted by Gasteiger charge is -2.05. The fourth-order valence-corrected chi connectivity index (χ4v) is 2.78. The van der Waals surface area contributed by atoms with Crippen LogP contribution in [0.4, 0.5) is 0 Å². The number of carbonyl (C=O) groups is 1. The van der Waals surface area contributed by atoms with Crippen molar-refractivity contribution in [3.8, 4) is 0 Å². The van der Waals surface area contributed by atoms with Crippen molar-refractivity contribution in [3.05, 3.63) is 69.1 Å². The van der Waals surface area contributed by atoms with Crippen LogP contribution in [0.1, 0.15) is 16.8 Å². The lowest BCUT2D eigenvalue weighted by molar-refractivity contribution is -0.144. The van der Waals surface area contributed by atoms with Crippen molar-refractivity contribution in [3.63, 3.8) is 0 Å². The molecular weight excluding hydrogens is 300 g/mol. The van der Waals surface area contributed by atoms with Crippen molar-refractivity contribution in [1.29, 1.82) is 0 Å². The van der Waals surface area contributed by atoms with Gasteiger partial charge < -0.3 is 4.74 Å². The molecular formula is C16H14N2O3S. The molecule has 0 N–H and O–H groups in total. The first-order valence-electron chi connectivity index (χ1n) is 6.79. The van der Waals surface area contributed by atoms with Gasteiger partial charge in [-0.2, -0.15) is 0 Å². The van der Waals surface area contributed by atoms with E-state index < -0.39 is 0 Å². The number of hydrogen-bond acceptors (Lipinski definition) is 5. The monoisotopic (exact) mass is 314 g/mol. The number of benzene rings is 1. The molecule has 2 aromatic heterocycles. The lowest BCUT2D eigenvalue weighted by atomic mass is 10.1. The molecule has 0 bridgehead atoms. The molecule has 3 rings (SSSR count). The number of ether oxygens (including phenoxy) is 1. The molecule has 0 spiro atoms. The third-order valence-corrected chi connectivity index (χ3v) is 3.96. The summed E-state index contributed by atoms with van der Waals surface area (Å²) in [7, 11) is 0. The predicted molar refractivity (Wildman–Crippen MR) is 84.0 cm³/mol. The number of rotatable bonds is 4. The highest BCUT2D eigenvalue weighted by atomic mass is 32.1. The molecule has 1 aromatic carbocycles. The number of carbonyl (C=O) groups excluding carboxylic acids is 1. The quantitative estimate of drug-likeness (QED) is 0.694. The number of aromatic nitrogens is 2. The zero-order valence-electron chi connectivity index (χ0n) is 12.0. The van der Waals surface area contributed by atoms with E-state index in [-0.39, 0.29) is 24.6 Å². The third kappa shape index (κ3) is 3.23. The Morgan fingerprint density at radius 3 is 2.86 bits per heavy atom. The first-order valence-corrected chi connectivity index (χ1v) is 7.67. The Kier molecular flexibility index (Phi) is 4.02. The predicted octanol–water partition coefficient (Wildman–Crippen LogP) is 2.35. The molecule has 0 radical (unpaired) electrons. The summed E-state index contributed by atoms with van der Waals surface area (Å²) >= 11 is 1.37. The summed E-state index contributed by atoms with van der Waals surface area (Å²) in [5.74, 6) is -0.336. The normalized spacial score (nSPS) is 10.8. The smallest absolute Gasteiger partial charge is 0.310 e. The van der Waals surface area contributed by atoms with Crippen LogP contribution in [0.15, 0.2) is 46.7 Å². The second kappa shape index (κ2) is 6.11. The topological polar surface area (TPSA) is 60.7 Å². The van der Waals surface area contributed by atoms with E-state index in [0.29, 0.717) is 10.7 Å². The Labute approximate surface area is 130 Å². The molecule has 112 valence electrons. The van der Waals surface area contributed by atoms with Gasteiger partial charge in [-0.15, -0.1) is 11.3 Å². The van der Waals surface area contributed by atoms with Crippen LogP contribution in [0.25, 0.3) is 4.96 Å². The van der Waals surface area contributed by atoms with Gasteiger partial charge in [0.15, 0.2) is 4.96 Å². The van der Waals surface area contributed by atoms with Gasteiger partial charge in [0.05, 0.1) is 12.1 Å². The zero-order chi connectivity index (χ0) is 15.5. The molecule has 0 aliphatic rings. The molecule has 6 heteroatoms. The number of fused-ring (bicyclic) bond motifs is 1. The van der Waals surface area contributed by atoms with Gasteiger partial charge in [-0.05, 0) is 12.5 Å². The van der Waals surface area contributed by atoms with E-state index in [1.807, 2.05) is 31.2 Å². The summed E-state index contributed by atoms with van der Waals surface area (Å²) in [5, 5.41) is 1.79. The first kappa shape index (κ1) is 14.5. The average Bonchev–Trinajstić information content (AvgIpc) is 2.97. The van der Waals surface area contributed by atoms with Crippen LogP contribution in [-0.2, 0) is 22.6 Å². The Balaban J connectivity index is 1.64. The highest BCUT2D eigenvalue weighted by molar-refractivity contribution is 7.15. The number of aryl methyl sites for hydroxylation is 1. The number of hydrogen-bond donors (Lipinski definition) is 0. The second-order valence-electron chi connectivity index (χ2n) is 4.96. The van der Waals surface area contributed by atoms with E-state index in [9.17, 15) is 9.59 Å². The summed E-state index contributed by atoms with van der Waals surface area (Å²) < 4.78 is 6.66. The summed E-state index contributed by atoms with van der Waals surface area (Å²) in [6.07, 6.45) is 1.88. The molecule has 0 saturated carbocycles. The Bertz CT molecular complexity index is 865. The molecule has 0 unspecified atom stereocenters. The highest BCUT2D eigenvalue weighted by Crippen LogP contribution is 2.08. The Hall–Kier alpha value is -2.47. The molecule has 2 heterocycles. The molecule has 0 atom stereocenters. The van der Waals surface area contributed by atoms with Gasteiger partial charge in [-0.3, -0.25) is 14.0 Å². The van der Waals surface area contributed by atoms with E-state index in [1.165, 1.54) is 21.8 Å². The van der Waals surface area contributed by atoms with Crippen LogP contribution >= 0.6 is 11.3 Å². The van der Waals surface area contributed by atoms with Gasteiger partial charge >= 0.3 is 5.97 Å². The average molecular weight is 314 g/mol. The maximum absolute atomic E-state index is 11.8. The van der Waals surface area contributed by atoms with Crippen molar-refractivity contribution in [1.82, 2.24) is 9.38 Å². The first-order chi connectivity index (χ1) is 10.6. The largest absolute Gasteiger partial charge is 0.459 e. The van der Waals surface area contributed by atoms with E-state index >= 15 is 0 Å². The lowest BCUT2D eigenvalue weighted by Crippen LogP contribution is -2.15. The minimum Gasteiger partial charge on any atom is -0.459 e. The van der Waals surface area contributed by atoms with Gasteiger partial charge in [0.25, 0.3) is 5.56 Å². The van der Waals surface area contributed by atoms with Gasteiger partial charge in [0.2, 0.25) is 0 Å². The highest BCUT2D eigenvalue weighted by Gasteiger charge is 2.08. The van der Waals surface area contributed by atoms with E-state index in [1.54, 1.807) is 11.6 Å². The van der Waals surface area contributed by atoms with Crippen LogP contribution < -0.4 is 5.56 Å². The fraction of sp³-hybridized carbons (Fsp3) is 0.188. The number of nitrogens with zero attached hydrogens (tertiary/aromatic N) is 2. The zero-order valence-corrected chi connectivity index (χ0v) is 12.8. The summed E-state index contributed by atoms with van der Waals surface area (Å²) in [5.41, 5.74) is 2.34. The standard InChI is InChI=1S/C16H14N2O3S/c1-11-2-4-12(5-3-11)8-15(20)21-10-13-9-14(19)18-6-7-22-16(18)17-13/h2-7,9H,8,10H2,1H3. The number of esters is 1. The second-order valence-corrected chi connectivity index (χ2v) is 5.84. The van der Waals surface area contributed by atoms with Crippen molar-refractivity contribution in [2.75, 3.05) is 0 Å². The van der Waals surface area contributed by atoms with Gasteiger partial charge in [0.1, 0.15) is 6.61 Å². The maximum Gasteiger partial charge on any atom is 0.310 e. The minimum atomic E-state index is -0.336.